The van der Waals surface area contributed by atoms with Crippen LogP contribution in [0.2, 0.25) is 0 Å². The Balaban J connectivity index is 2.24. The van der Waals surface area contributed by atoms with Gasteiger partial charge in [0.1, 0.15) is 0 Å². The van der Waals surface area contributed by atoms with Gasteiger partial charge in [-0.05, 0) is 35.7 Å². The maximum absolute atomic E-state index is 10.9. The van der Waals surface area contributed by atoms with Gasteiger partial charge in [0.2, 0.25) is 0 Å². The molecule has 0 radical (unpaired) electrons. The van der Waals surface area contributed by atoms with Crippen molar-refractivity contribution in [3.8, 4) is 0 Å². The molecule has 0 spiro atoms. The van der Waals surface area contributed by atoms with Crippen molar-refractivity contribution >= 4 is 8.69 Å². The second-order valence-corrected chi connectivity index (χ2v) is 6.69. The minimum atomic E-state index is -0.187. The summed E-state index contributed by atoms with van der Waals surface area (Å²) in [6.45, 7) is 6.81. The second kappa shape index (κ2) is 6.15. The van der Waals surface area contributed by atoms with E-state index in [-0.39, 0.29) is 20.2 Å². The molecule has 3 heteroatoms. The summed E-state index contributed by atoms with van der Waals surface area (Å²) in [4.78, 5) is 0. The Kier molecular flexibility index (Phi) is 4.76. The molecule has 3 unspecified atom stereocenters. The molecule has 0 heterocycles. The topological polar surface area (TPSA) is 26.3 Å². The molecule has 1 aliphatic rings. The van der Waals surface area contributed by atoms with Crippen molar-refractivity contribution in [3.63, 3.8) is 0 Å². The first kappa shape index (κ1) is 14.7. The van der Waals surface area contributed by atoms with Crippen LogP contribution in [-0.4, -0.2) is 6.10 Å². The Morgan fingerprint density at radius 1 is 1.21 bits per heavy atom. The summed E-state index contributed by atoms with van der Waals surface area (Å²) in [5.74, 6) is 1.09. The largest absolute Gasteiger partial charge is 0.327 e. The van der Waals surface area contributed by atoms with Crippen molar-refractivity contribution in [2.24, 2.45) is 11.8 Å². The SMILES string of the molecule is CC1CCC(C(C)(C)c2ccccc2)C(OP=O)C1. The fourth-order valence-electron chi connectivity index (χ4n) is 3.41. The van der Waals surface area contributed by atoms with Crippen molar-refractivity contribution in [1.29, 1.82) is 0 Å². The number of hydrogen-bond acceptors (Lipinski definition) is 2. The molecule has 1 aliphatic carbocycles. The lowest BCUT2D eigenvalue weighted by molar-refractivity contribution is 0.0418. The highest BCUT2D eigenvalue weighted by atomic mass is 31.1. The molecule has 0 amide bonds. The number of rotatable bonds is 4. The zero-order valence-electron chi connectivity index (χ0n) is 12.0. The first-order valence-corrected chi connectivity index (χ1v) is 7.82. The van der Waals surface area contributed by atoms with Crippen LogP contribution in [0.25, 0.3) is 0 Å². The lowest BCUT2D eigenvalue weighted by Crippen LogP contribution is -2.41. The third-order valence-corrected chi connectivity index (χ3v) is 5.03. The molecule has 1 fully saturated rings. The predicted molar refractivity (Wildman–Crippen MR) is 78.5 cm³/mol. The number of benzene rings is 1. The summed E-state index contributed by atoms with van der Waals surface area (Å²) in [5.41, 5.74) is 1.39. The van der Waals surface area contributed by atoms with E-state index in [9.17, 15) is 4.57 Å². The first-order chi connectivity index (χ1) is 9.05. The van der Waals surface area contributed by atoms with Crippen molar-refractivity contribution in [3.05, 3.63) is 35.9 Å². The molecule has 19 heavy (non-hydrogen) atoms. The molecular formula is C16H23O2P. The van der Waals surface area contributed by atoms with Crippen LogP contribution in [0.4, 0.5) is 0 Å². The summed E-state index contributed by atoms with van der Waals surface area (Å²) in [6, 6.07) is 10.6. The van der Waals surface area contributed by atoms with Crippen LogP contribution in [0.1, 0.15) is 45.6 Å². The van der Waals surface area contributed by atoms with Crippen LogP contribution in [0.15, 0.2) is 30.3 Å². The molecule has 2 rings (SSSR count). The van der Waals surface area contributed by atoms with Gasteiger partial charge in [-0.2, -0.15) is 0 Å². The van der Waals surface area contributed by atoms with Gasteiger partial charge >= 0.3 is 8.69 Å². The van der Waals surface area contributed by atoms with Crippen LogP contribution < -0.4 is 0 Å². The third kappa shape index (κ3) is 3.24. The van der Waals surface area contributed by atoms with Crippen molar-refractivity contribution in [2.45, 2.75) is 51.6 Å². The van der Waals surface area contributed by atoms with Gasteiger partial charge in [0.05, 0.1) is 6.10 Å². The zero-order chi connectivity index (χ0) is 13.9. The normalized spacial score (nSPS) is 28.5. The summed E-state index contributed by atoms with van der Waals surface area (Å²) >= 11 is 0. The van der Waals surface area contributed by atoms with Gasteiger partial charge in [-0.15, -0.1) is 0 Å². The maximum Gasteiger partial charge on any atom is 0.327 e. The molecule has 1 aromatic carbocycles. The van der Waals surface area contributed by atoms with Gasteiger partial charge < -0.3 is 0 Å². The van der Waals surface area contributed by atoms with Gasteiger partial charge in [-0.3, -0.25) is 4.52 Å². The molecule has 0 aromatic heterocycles. The van der Waals surface area contributed by atoms with Gasteiger partial charge in [0.15, 0.2) is 0 Å². The molecular weight excluding hydrogens is 255 g/mol. The fourth-order valence-corrected chi connectivity index (χ4v) is 3.75. The lowest BCUT2D eigenvalue weighted by atomic mass is 9.64. The second-order valence-electron chi connectivity index (χ2n) is 6.33. The zero-order valence-corrected chi connectivity index (χ0v) is 12.9. The van der Waals surface area contributed by atoms with Crippen LogP contribution in [0.5, 0.6) is 0 Å². The highest BCUT2D eigenvalue weighted by molar-refractivity contribution is 7.17. The highest BCUT2D eigenvalue weighted by Crippen LogP contribution is 2.44. The van der Waals surface area contributed by atoms with Gasteiger partial charge in [0.25, 0.3) is 0 Å². The summed E-state index contributed by atoms with van der Waals surface area (Å²) < 4.78 is 16.4. The highest BCUT2D eigenvalue weighted by Gasteiger charge is 2.40. The lowest BCUT2D eigenvalue weighted by Gasteiger charge is -2.43. The molecule has 104 valence electrons. The standard InChI is InChI=1S/C16H23O2P/c1-12-9-10-14(15(11-12)18-19-17)16(2,3)13-7-5-4-6-8-13/h4-8,12,14-15H,9-11H2,1-3H3. The maximum atomic E-state index is 10.9. The van der Waals surface area contributed by atoms with Crippen molar-refractivity contribution in [2.75, 3.05) is 0 Å². The van der Waals surface area contributed by atoms with E-state index in [0.717, 1.165) is 12.8 Å². The van der Waals surface area contributed by atoms with Crippen molar-refractivity contribution < 1.29 is 9.09 Å². The Morgan fingerprint density at radius 3 is 2.53 bits per heavy atom. The average molecular weight is 278 g/mol. The summed E-state index contributed by atoms with van der Waals surface area (Å²) in [5, 5.41) is 0. The fraction of sp³-hybridized carbons (Fsp3) is 0.625. The first-order valence-electron chi connectivity index (χ1n) is 7.09. The van der Waals surface area contributed by atoms with E-state index < -0.39 is 0 Å². The van der Waals surface area contributed by atoms with Crippen molar-refractivity contribution in [1.82, 2.24) is 0 Å². The molecule has 0 N–H and O–H groups in total. The Hall–Kier alpha value is -0.720. The Labute approximate surface area is 117 Å². The molecule has 0 bridgehead atoms. The van der Waals surface area contributed by atoms with E-state index in [1.807, 2.05) is 6.07 Å². The monoisotopic (exact) mass is 278 g/mol. The number of hydrogen-bond donors (Lipinski definition) is 0. The van der Waals surface area contributed by atoms with E-state index in [0.29, 0.717) is 11.8 Å². The smallest absolute Gasteiger partial charge is 0.291 e. The molecule has 3 atom stereocenters. The Morgan fingerprint density at radius 2 is 1.89 bits per heavy atom. The average Bonchev–Trinajstić information content (AvgIpc) is 2.40. The van der Waals surface area contributed by atoms with Crippen LogP contribution in [0.3, 0.4) is 0 Å². The summed E-state index contributed by atoms with van der Waals surface area (Å²) in [7, 11) is -0.187. The van der Waals surface area contributed by atoms with Gasteiger partial charge in [0, 0.05) is 0 Å². The van der Waals surface area contributed by atoms with E-state index in [4.69, 9.17) is 4.52 Å². The molecule has 2 nitrogen and oxygen atoms in total. The molecule has 1 aromatic rings. The predicted octanol–water partition coefficient (Wildman–Crippen LogP) is 4.99. The van der Waals surface area contributed by atoms with E-state index in [1.54, 1.807) is 0 Å². The van der Waals surface area contributed by atoms with E-state index in [2.05, 4.69) is 45.0 Å². The van der Waals surface area contributed by atoms with Gasteiger partial charge in [-0.1, -0.05) is 57.5 Å². The molecule has 0 saturated heterocycles. The van der Waals surface area contributed by atoms with Crippen LogP contribution in [-0.2, 0) is 14.5 Å². The van der Waals surface area contributed by atoms with Gasteiger partial charge in [-0.25, -0.2) is 4.57 Å². The summed E-state index contributed by atoms with van der Waals surface area (Å²) in [6.07, 6.45) is 3.48. The molecule has 1 saturated carbocycles. The molecule has 0 aliphatic heterocycles. The quantitative estimate of drug-likeness (QED) is 0.725. The minimum Gasteiger partial charge on any atom is -0.291 e. The third-order valence-electron chi connectivity index (χ3n) is 4.68. The van der Waals surface area contributed by atoms with E-state index >= 15 is 0 Å². The Bertz CT molecular complexity index is 416. The van der Waals surface area contributed by atoms with Crippen LogP contribution in [0, 0.1) is 11.8 Å². The van der Waals surface area contributed by atoms with E-state index in [1.165, 1.54) is 12.0 Å². The van der Waals surface area contributed by atoms with Crippen LogP contribution >= 0.6 is 8.69 Å². The minimum absolute atomic E-state index is 0.0523.